The number of aromatic nitrogens is 2. The lowest BCUT2D eigenvalue weighted by Crippen LogP contribution is -2.35. The van der Waals surface area contributed by atoms with E-state index in [9.17, 15) is 9.59 Å². The first-order chi connectivity index (χ1) is 13.2. The quantitative estimate of drug-likeness (QED) is 0.747. The van der Waals surface area contributed by atoms with Crippen molar-refractivity contribution >= 4 is 23.3 Å². The highest BCUT2D eigenvalue weighted by atomic mass is 16.5. The molecule has 0 saturated carbocycles. The minimum atomic E-state index is -0.725. The predicted octanol–water partition coefficient (Wildman–Crippen LogP) is 3.08. The third kappa shape index (κ3) is 3.15. The van der Waals surface area contributed by atoms with Crippen LogP contribution in [0.3, 0.4) is 0 Å². The van der Waals surface area contributed by atoms with Crippen molar-refractivity contribution in [2.24, 2.45) is 0 Å². The Kier molecular flexibility index (Phi) is 4.33. The largest absolute Gasteiger partial charge is 0.496 e. The first kappa shape index (κ1) is 16.8. The van der Waals surface area contributed by atoms with Gasteiger partial charge in [-0.15, -0.1) is 0 Å². The van der Waals surface area contributed by atoms with Gasteiger partial charge in [-0.3, -0.25) is 9.59 Å². The second-order valence-electron chi connectivity index (χ2n) is 6.18. The summed E-state index contributed by atoms with van der Waals surface area (Å²) in [5, 5.41) is 10.0. The molecule has 0 bridgehead atoms. The van der Waals surface area contributed by atoms with Crippen molar-refractivity contribution in [3.05, 3.63) is 60.8 Å². The number of methoxy groups -OCH3 is 1. The van der Waals surface area contributed by atoms with Crippen LogP contribution >= 0.6 is 0 Å². The molecule has 2 heterocycles. The van der Waals surface area contributed by atoms with Crippen LogP contribution in [0.25, 0.3) is 11.1 Å². The fourth-order valence-electron chi connectivity index (χ4n) is 3.18. The van der Waals surface area contributed by atoms with Gasteiger partial charge < -0.3 is 15.4 Å². The molecule has 1 aromatic heterocycles. The summed E-state index contributed by atoms with van der Waals surface area (Å²) in [7, 11) is 1.59. The second-order valence-corrected chi connectivity index (χ2v) is 6.18. The number of rotatable bonds is 4. The van der Waals surface area contributed by atoms with E-state index in [0.717, 1.165) is 5.56 Å². The summed E-state index contributed by atoms with van der Waals surface area (Å²) in [5.41, 5.74) is 2.18. The molecule has 4 rings (SSSR count). The van der Waals surface area contributed by atoms with Gasteiger partial charge in [-0.05, 0) is 18.2 Å². The number of carbonyl (C=O) groups excluding carboxylic acids is 2. The average molecular weight is 362 g/mol. The van der Waals surface area contributed by atoms with Gasteiger partial charge in [-0.2, -0.15) is 5.10 Å². The van der Waals surface area contributed by atoms with Crippen molar-refractivity contribution in [2.75, 3.05) is 17.7 Å². The molecular weight excluding hydrogens is 344 g/mol. The summed E-state index contributed by atoms with van der Waals surface area (Å²) in [6.07, 6.45) is 1.67. The second kappa shape index (κ2) is 6.95. The number of ether oxygens (including phenoxy) is 1. The summed E-state index contributed by atoms with van der Waals surface area (Å²) in [6.45, 7) is 0. The Hall–Kier alpha value is -3.61. The van der Waals surface area contributed by atoms with E-state index in [1.54, 1.807) is 30.1 Å². The van der Waals surface area contributed by atoms with Crippen molar-refractivity contribution in [2.45, 2.75) is 12.5 Å². The van der Waals surface area contributed by atoms with Crippen molar-refractivity contribution in [3.8, 4) is 16.9 Å². The van der Waals surface area contributed by atoms with Crippen LogP contribution < -0.4 is 15.4 Å². The maximum Gasteiger partial charge on any atom is 0.249 e. The number of hydrogen-bond acceptors (Lipinski definition) is 4. The first-order valence-electron chi connectivity index (χ1n) is 8.54. The minimum absolute atomic E-state index is 0.0265. The number of nitrogens with one attached hydrogen (secondary N) is 2. The first-order valence-corrected chi connectivity index (χ1v) is 8.54. The van der Waals surface area contributed by atoms with Gasteiger partial charge in [0, 0.05) is 16.8 Å². The van der Waals surface area contributed by atoms with Gasteiger partial charge >= 0.3 is 0 Å². The van der Waals surface area contributed by atoms with Crippen LogP contribution in [0.5, 0.6) is 5.75 Å². The van der Waals surface area contributed by atoms with Gasteiger partial charge in [-0.25, -0.2) is 4.68 Å². The summed E-state index contributed by atoms with van der Waals surface area (Å²) >= 11 is 0. The summed E-state index contributed by atoms with van der Waals surface area (Å²) < 4.78 is 6.97. The van der Waals surface area contributed by atoms with E-state index >= 15 is 0 Å². The molecule has 0 fully saturated rings. The zero-order chi connectivity index (χ0) is 18.8. The number of benzene rings is 2. The van der Waals surface area contributed by atoms with Crippen LogP contribution in [0.4, 0.5) is 11.5 Å². The molecule has 1 aliphatic rings. The smallest absolute Gasteiger partial charge is 0.249 e. The molecule has 27 heavy (non-hydrogen) atoms. The highest BCUT2D eigenvalue weighted by molar-refractivity contribution is 6.03. The lowest BCUT2D eigenvalue weighted by Gasteiger charge is -2.24. The highest BCUT2D eigenvalue weighted by Gasteiger charge is 2.33. The molecule has 2 amide bonds. The summed E-state index contributed by atoms with van der Waals surface area (Å²) in [4.78, 5) is 25.0. The van der Waals surface area contributed by atoms with Crippen molar-refractivity contribution in [1.29, 1.82) is 0 Å². The molecule has 3 aromatic rings. The Morgan fingerprint density at radius 1 is 1.15 bits per heavy atom. The molecule has 0 saturated heterocycles. The zero-order valence-electron chi connectivity index (χ0n) is 14.7. The fourth-order valence-corrected chi connectivity index (χ4v) is 3.18. The number of fused-ring (bicyclic) bond motifs is 1. The third-order valence-electron chi connectivity index (χ3n) is 4.47. The van der Waals surface area contributed by atoms with Gasteiger partial charge in [0.15, 0.2) is 0 Å². The van der Waals surface area contributed by atoms with Crippen molar-refractivity contribution in [3.63, 3.8) is 0 Å². The maximum absolute atomic E-state index is 12.8. The molecule has 0 spiro atoms. The van der Waals surface area contributed by atoms with Crippen LogP contribution in [-0.4, -0.2) is 28.7 Å². The van der Waals surface area contributed by atoms with Gasteiger partial charge in [0.05, 0.1) is 19.7 Å². The molecular formula is C20H18N4O3. The topological polar surface area (TPSA) is 85.2 Å². The summed E-state index contributed by atoms with van der Waals surface area (Å²) in [5.74, 6) is 0.640. The maximum atomic E-state index is 12.8. The van der Waals surface area contributed by atoms with Crippen molar-refractivity contribution in [1.82, 2.24) is 9.78 Å². The highest BCUT2D eigenvalue weighted by Crippen LogP contribution is 2.38. The van der Waals surface area contributed by atoms with E-state index in [-0.39, 0.29) is 18.2 Å². The molecule has 0 radical (unpaired) electrons. The van der Waals surface area contributed by atoms with Crippen LogP contribution in [0.2, 0.25) is 0 Å². The van der Waals surface area contributed by atoms with Gasteiger partial charge in [0.25, 0.3) is 0 Å². The molecule has 1 atom stereocenters. The molecule has 1 aliphatic heterocycles. The monoisotopic (exact) mass is 362 g/mol. The average Bonchev–Trinajstić information content (AvgIpc) is 3.11. The van der Waals surface area contributed by atoms with E-state index in [4.69, 9.17) is 4.74 Å². The Morgan fingerprint density at radius 2 is 1.89 bits per heavy atom. The van der Waals surface area contributed by atoms with Crippen molar-refractivity contribution < 1.29 is 14.3 Å². The van der Waals surface area contributed by atoms with Gasteiger partial charge in [-0.1, -0.05) is 36.4 Å². The van der Waals surface area contributed by atoms with Gasteiger partial charge in [0.2, 0.25) is 11.8 Å². The standard InChI is InChI=1S/C20H18N4O3/c1-27-17-10-6-5-9-14(17)15-12-21-24-16(11-18(25)23-19(15)24)20(26)22-13-7-3-2-4-8-13/h2-10,12,16H,11H2,1H3,(H,22,26)(H,23,25). The minimum Gasteiger partial charge on any atom is -0.496 e. The lowest BCUT2D eigenvalue weighted by atomic mass is 10.1. The molecule has 0 aliphatic carbocycles. The Labute approximate surface area is 156 Å². The molecule has 1 unspecified atom stereocenters. The number of hydrogen-bond donors (Lipinski definition) is 2. The van der Waals surface area contributed by atoms with E-state index in [2.05, 4.69) is 15.7 Å². The molecule has 2 aromatic carbocycles. The number of amides is 2. The number of para-hydroxylation sites is 2. The SMILES string of the molecule is COc1ccccc1-c1cnn2c1NC(=O)CC2C(=O)Nc1ccccc1. The Bertz CT molecular complexity index is 997. The number of carbonyl (C=O) groups is 2. The summed E-state index contributed by atoms with van der Waals surface area (Å²) in [6, 6.07) is 15.9. The van der Waals surface area contributed by atoms with E-state index in [1.807, 2.05) is 42.5 Å². The fraction of sp³-hybridized carbons (Fsp3) is 0.150. The Morgan fingerprint density at radius 3 is 2.67 bits per heavy atom. The number of anilines is 2. The normalized spacial score (nSPS) is 15.6. The molecule has 2 N–H and O–H groups in total. The lowest BCUT2D eigenvalue weighted by molar-refractivity contribution is -0.125. The predicted molar refractivity (Wildman–Crippen MR) is 102 cm³/mol. The van der Waals surface area contributed by atoms with E-state index in [1.165, 1.54) is 0 Å². The van der Waals surface area contributed by atoms with Gasteiger partial charge in [0.1, 0.15) is 17.6 Å². The third-order valence-corrected chi connectivity index (χ3v) is 4.47. The van der Waals surface area contributed by atoms with Crippen LogP contribution in [0.1, 0.15) is 12.5 Å². The molecule has 136 valence electrons. The van der Waals surface area contributed by atoms with Crippen LogP contribution in [-0.2, 0) is 9.59 Å². The number of nitrogens with zero attached hydrogens (tertiary/aromatic N) is 2. The van der Waals surface area contributed by atoms with E-state index in [0.29, 0.717) is 22.8 Å². The van der Waals surface area contributed by atoms with Crippen LogP contribution in [0.15, 0.2) is 60.8 Å². The van der Waals surface area contributed by atoms with Crippen LogP contribution in [0, 0.1) is 0 Å². The molecule has 7 nitrogen and oxygen atoms in total. The Balaban J connectivity index is 1.70. The van der Waals surface area contributed by atoms with E-state index < -0.39 is 6.04 Å². The molecule has 7 heteroatoms. The zero-order valence-corrected chi connectivity index (χ0v) is 14.7.